The molecule has 2 fully saturated rings. The summed E-state index contributed by atoms with van der Waals surface area (Å²) in [7, 11) is 0. The van der Waals surface area contributed by atoms with Gasteiger partial charge >= 0.3 is 6.03 Å². The van der Waals surface area contributed by atoms with Crippen LogP contribution in [0.2, 0.25) is 0 Å². The van der Waals surface area contributed by atoms with E-state index in [1.807, 2.05) is 11.8 Å². The van der Waals surface area contributed by atoms with Gasteiger partial charge in [-0.2, -0.15) is 0 Å². The number of fused-ring (bicyclic) bond motifs is 2. The minimum atomic E-state index is -0.111. The Morgan fingerprint density at radius 2 is 2.12 bits per heavy atom. The fourth-order valence-corrected chi connectivity index (χ4v) is 3.68. The number of amidine groups is 1. The summed E-state index contributed by atoms with van der Waals surface area (Å²) in [5, 5.41) is 17.8. The van der Waals surface area contributed by atoms with Crippen LogP contribution in [0.3, 0.4) is 0 Å². The van der Waals surface area contributed by atoms with E-state index in [1.54, 1.807) is 12.3 Å². The summed E-state index contributed by atoms with van der Waals surface area (Å²) in [5.74, 6) is 1.16. The highest BCUT2D eigenvalue weighted by molar-refractivity contribution is 6.19. The number of nitrogens with zero attached hydrogens (tertiary/aromatic N) is 3. The molecule has 0 aromatic carbocycles. The van der Waals surface area contributed by atoms with Gasteiger partial charge in [0.2, 0.25) is 0 Å². The third kappa shape index (κ3) is 3.06. The maximum Gasteiger partial charge on any atom is 0.323 e. The van der Waals surface area contributed by atoms with Crippen molar-refractivity contribution < 1.29 is 4.79 Å². The summed E-state index contributed by atoms with van der Waals surface area (Å²) in [4.78, 5) is 22.6. The third-order valence-corrected chi connectivity index (χ3v) is 4.79. The average Bonchev–Trinajstić information content (AvgIpc) is 2.53. The predicted octanol–water partition coefficient (Wildman–Crippen LogP) is 2.84. The molecule has 2 unspecified atom stereocenters. The highest BCUT2D eigenvalue weighted by Gasteiger charge is 2.46. The Morgan fingerprint density at radius 1 is 1.42 bits per heavy atom. The molecule has 1 aromatic rings. The Balaban J connectivity index is 1.72. The van der Waals surface area contributed by atoms with Gasteiger partial charge in [-0.1, -0.05) is 6.92 Å². The topological polar surface area (TPSA) is 105 Å². The molecule has 2 aliphatic rings. The number of carbonyl (C=O) groups is 1. The van der Waals surface area contributed by atoms with Crippen LogP contribution < -0.4 is 5.32 Å². The zero-order chi connectivity index (χ0) is 17.3. The first kappa shape index (κ1) is 16.3. The molecule has 7 heteroatoms. The monoisotopic (exact) mass is 326 g/mol. The lowest BCUT2D eigenvalue weighted by atomic mass is 9.74. The van der Waals surface area contributed by atoms with Crippen LogP contribution in [0.25, 0.3) is 0 Å². The van der Waals surface area contributed by atoms with E-state index in [0.717, 1.165) is 31.0 Å². The normalized spacial score (nSPS) is 25.2. The van der Waals surface area contributed by atoms with E-state index in [1.165, 1.54) is 6.21 Å². The first-order valence-electron chi connectivity index (χ1n) is 8.17. The Bertz CT molecular complexity index is 701. The second kappa shape index (κ2) is 6.51. The van der Waals surface area contributed by atoms with Crippen molar-refractivity contribution in [3.63, 3.8) is 0 Å². The Labute approximate surface area is 141 Å². The fraction of sp³-hybridized carbons (Fsp3) is 0.471. The van der Waals surface area contributed by atoms with Gasteiger partial charge in [-0.3, -0.25) is 10.7 Å². The molecule has 7 nitrogen and oxygen atoms in total. The number of carbonyl (C=O) groups excluding carboxylic acids is 1. The molecule has 2 aliphatic heterocycles. The number of aromatic nitrogens is 1. The molecule has 2 amide bonds. The molecule has 0 saturated carbocycles. The van der Waals surface area contributed by atoms with E-state index in [-0.39, 0.29) is 11.9 Å². The minimum absolute atomic E-state index is 0.0449. The number of aryl methyl sites for hydroxylation is 1. The molecule has 0 aliphatic carbocycles. The standard InChI is InChI=1S/C17H22N6O/c1-10-5-12-7-13(6-10)23(12)17(24)22-15-8-14(11(2)9-21-15)16(19)20-4-3-18/h3-4,8-10,12-13,18-19H,5-7H2,1-2H3,(H,21,22,24). The quantitative estimate of drug-likeness (QED) is 0.587. The summed E-state index contributed by atoms with van der Waals surface area (Å²) in [5.41, 5.74) is 1.39. The van der Waals surface area contributed by atoms with Crippen LogP contribution in [0.5, 0.6) is 0 Å². The minimum Gasteiger partial charge on any atom is -0.318 e. The van der Waals surface area contributed by atoms with Crippen LogP contribution >= 0.6 is 0 Å². The van der Waals surface area contributed by atoms with Crippen molar-refractivity contribution in [2.24, 2.45) is 10.9 Å². The summed E-state index contributed by atoms with van der Waals surface area (Å²) >= 11 is 0. The molecule has 0 radical (unpaired) electrons. The number of rotatable bonds is 3. The number of urea groups is 1. The fourth-order valence-electron chi connectivity index (χ4n) is 3.68. The highest BCUT2D eigenvalue weighted by atomic mass is 16.2. The summed E-state index contributed by atoms with van der Waals surface area (Å²) in [6.45, 7) is 4.08. The predicted molar refractivity (Wildman–Crippen MR) is 94.5 cm³/mol. The van der Waals surface area contributed by atoms with Crippen molar-refractivity contribution in [3.05, 3.63) is 23.4 Å². The van der Waals surface area contributed by atoms with Crippen molar-refractivity contribution in [3.8, 4) is 0 Å². The van der Waals surface area contributed by atoms with E-state index < -0.39 is 0 Å². The number of anilines is 1. The first-order chi connectivity index (χ1) is 11.5. The van der Waals surface area contributed by atoms with Gasteiger partial charge in [-0.15, -0.1) is 0 Å². The third-order valence-electron chi connectivity index (χ3n) is 4.79. The van der Waals surface area contributed by atoms with Gasteiger partial charge in [0, 0.05) is 36.3 Å². The largest absolute Gasteiger partial charge is 0.323 e. The lowest BCUT2D eigenvalue weighted by Crippen LogP contribution is -2.63. The summed E-state index contributed by atoms with van der Waals surface area (Å²) in [6.07, 6.45) is 7.14. The van der Waals surface area contributed by atoms with Gasteiger partial charge < -0.3 is 10.3 Å². The number of nitrogens with one attached hydrogen (secondary N) is 3. The van der Waals surface area contributed by atoms with E-state index in [9.17, 15) is 4.79 Å². The molecule has 3 N–H and O–H groups in total. The Morgan fingerprint density at radius 3 is 2.79 bits per heavy atom. The zero-order valence-electron chi connectivity index (χ0n) is 13.9. The van der Waals surface area contributed by atoms with Crippen molar-refractivity contribution >= 4 is 30.1 Å². The van der Waals surface area contributed by atoms with Gasteiger partial charge in [0.05, 0.1) is 0 Å². The lowest BCUT2D eigenvalue weighted by molar-refractivity contribution is -0.00603. The van der Waals surface area contributed by atoms with Crippen molar-refractivity contribution in [2.75, 3.05) is 5.32 Å². The van der Waals surface area contributed by atoms with Gasteiger partial charge in [0.15, 0.2) is 5.84 Å². The zero-order valence-corrected chi connectivity index (χ0v) is 13.9. The van der Waals surface area contributed by atoms with Crippen LogP contribution in [0.4, 0.5) is 10.6 Å². The van der Waals surface area contributed by atoms with E-state index >= 15 is 0 Å². The summed E-state index contributed by atoms with van der Waals surface area (Å²) in [6, 6.07) is 2.24. The molecule has 1 aromatic heterocycles. The number of aliphatic imine (C=N–C) groups is 1. The number of hydrogen-bond acceptors (Lipinski definition) is 4. The molecule has 126 valence electrons. The van der Waals surface area contributed by atoms with Gasteiger partial charge in [0.25, 0.3) is 0 Å². The highest BCUT2D eigenvalue weighted by Crippen LogP contribution is 2.41. The van der Waals surface area contributed by atoms with E-state index in [4.69, 9.17) is 10.8 Å². The second-order valence-electron chi connectivity index (χ2n) is 6.64. The van der Waals surface area contributed by atoms with E-state index in [2.05, 4.69) is 22.2 Å². The molecule has 2 atom stereocenters. The second-order valence-corrected chi connectivity index (χ2v) is 6.64. The van der Waals surface area contributed by atoms with Crippen LogP contribution in [-0.4, -0.2) is 46.3 Å². The molecule has 2 bridgehead atoms. The van der Waals surface area contributed by atoms with Gasteiger partial charge in [-0.05, 0) is 43.7 Å². The Kier molecular flexibility index (Phi) is 4.42. The number of amides is 2. The van der Waals surface area contributed by atoms with Crippen LogP contribution in [0, 0.1) is 23.7 Å². The summed E-state index contributed by atoms with van der Waals surface area (Å²) < 4.78 is 0. The van der Waals surface area contributed by atoms with E-state index in [0.29, 0.717) is 29.4 Å². The smallest absolute Gasteiger partial charge is 0.318 e. The number of piperidine rings is 1. The van der Waals surface area contributed by atoms with Crippen molar-refractivity contribution in [1.29, 1.82) is 10.8 Å². The molecule has 3 rings (SSSR count). The molecule has 3 heterocycles. The van der Waals surface area contributed by atoms with Crippen LogP contribution in [0.15, 0.2) is 17.3 Å². The lowest BCUT2D eigenvalue weighted by Gasteiger charge is -2.54. The first-order valence-corrected chi connectivity index (χ1v) is 8.17. The Hall–Kier alpha value is -2.57. The van der Waals surface area contributed by atoms with Crippen LogP contribution in [0.1, 0.15) is 37.3 Å². The molecule has 2 saturated heterocycles. The number of hydrogen-bond donors (Lipinski definition) is 3. The molecular formula is C17H22N6O. The molecular weight excluding hydrogens is 304 g/mol. The van der Waals surface area contributed by atoms with Crippen LogP contribution in [-0.2, 0) is 0 Å². The van der Waals surface area contributed by atoms with Gasteiger partial charge in [-0.25, -0.2) is 14.8 Å². The molecule has 0 spiro atoms. The van der Waals surface area contributed by atoms with Crippen molar-refractivity contribution in [2.45, 2.75) is 45.2 Å². The van der Waals surface area contributed by atoms with Gasteiger partial charge in [0.1, 0.15) is 5.82 Å². The number of pyridine rings is 1. The maximum atomic E-state index is 12.5. The maximum absolute atomic E-state index is 12.5. The average molecular weight is 326 g/mol. The SMILES string of the molecule is Cc1cnc(NC(=O)N2C3CC(C)CC2C3)cc1C(=N)N=CC=N. The van der Waals surface area contributed by atoms with Crippen molar-refractivity contribution in [1.82, 2.24) is 9.88 Å². The molecule has 24 heavy (non-hydrogen) atoms.